The Morgan fingerprint density at radius 2 is 2.00 bits per heavy atom. The van der Waals surface area contributed by atoms with Crippen LogP contribution in [0.25, 0.3) is 0 Å². The third-order valence-electron chi connectivity index (χ3n) is 2.14. The minimum atomic E-state index is -0.143. The van der Waals surface area contributed by atoms with Crippen LogP contribution in [0.5, 0.6) is 0 Å². The monoisotopic (exact) mass is 232 g/mol. The van der Waals surface area contributed by atoms with E-state index < -0.39 is 0 Å². The summed E-state index contributed by atoms with van der Waals surface area (Å²) in [5.74, 6) is 0.955. The molecule has 0 aromatic carbocycles. The first kappa shape index (κ1) is 15.3. The third kappa shape index (κ3) is 12.2. The van der Waals surface area contributed by atoms with E-state index >= 15 is 0 Å². The largest absolute Gasteiger partial charge is 0.393 e. The van der Waals surface area contributed by atoms with Crippen molar-refractivity contribution in [1.82, 2.24) is 5.32 Å². The maximum atomic E-state index is 9.57. The smallest absolute Gasteiger partial charge is 0.0548 e. The first-order valence-corrected chi connectivity index (χ1v) is 6.87. The number of aliphatic hydroxyl groups excluding tert-OH is 1. The van der Waals surface area contributed by atoms with Gasteiger partial charge in [-0.3, -0.25) is 0 Å². The molecule has 0 bridgehead atoms. The predicted molar refractivity (Wildman–Crippen MR) is 70.0 cm³/mol. The molecule has 15 heavy (non-hydrogen) atoms. The van der Waals surface area contributed by atoms with E-state index in [2.05, 4.69) is 32.3 Å². The van der Waals surface area contributed by atoms with Gasteiger partial charge in [-0.1, -0.05) is 20.8 Å². The number of hydrogen-bond donors (Lipinski definition) is 2. The fraction of sp³-hybridized carbons (Fsp3) is 0.917. The zero-order valence-corrected chi connectivity index (χ0v) is 11.2. The molecular formula is C12H26NOS. The van der Waals surface area contributed by atoms with E-state index in [9.17, 15) is 5.11 Å². The Labute approximate surface area is 99.2 Å². The van der Waals surface area contributed by atoms with Crippen molar-refractivity contribution >= 4 is 11.8 Å². The lowest BCUT2D eigenvalue weighted by atomic mass is 9.97. The topological polar surface area (TPSA) is 32.3 Å². The first-order chi connectivity index (χ1) is 6.95. The number of rotatable bonds is 8. The van der Waals surface area contributed by atoms with E-state index in [1.807, 2.05) is 0 Å². The van der Waals surface area contributed by atoms with Gasteiger partial charge in [-0.2, -0.15) is 11.8 Å². The van der Waals surface area contributed by atoms with Crippen molar-refractivity contribution in [2.75, 3.05) is 18.8 Å². The van der Waals surface area contributed by atoms with Crippen LogP contribution in [0.2, 0.25) is 0 Å². The van der Waals surface area contributed by atoms with Crippen LogP contribution in [0.3, 0.4) is 0 Å². The number of thioether (sulfide) groups is 1. The van der Waals surface area contributed by atoms with E-state index in [-0.39, 0.29) is 6.10 Å². The van der Waals surface area contributed by atoms with E-state index in [1.54, 1.807) is 11.8 Å². The molecular weight excluding hydrogens is 206 g/mol. The molecule has 2 N–H and O–H groups in total. The van der Waals surface area contributed by atoms with E-state index in [4.69, 9.17) is 0 Å². The molecule has 0 saturated heterocycles. The summed E-state index contributed by atoms with van der Waals surface area (Å²) in [6.45, 7) is 8.71. The molecule has 0 aromatic heterocycles. The van der Waals surface area contributed by atoms with Crippen LogP contribution in [0, 0.1) is 11.7 Å². The number of nitrogens with one attached hydrogen (secondary N) is 1. The number of hydrogen-bond acceptors (Lipinski definition) is 3. The van der Waals surface area contributed by atoms with Gasteiger partial charge >= 0.3 is 0 Å². The molecule has 0 heterocycles. The second-order valence-corrected chi connectivity index (χ2v) is 6.05. The Balaban J connectivity index is 3.23. The molecule has 0 spiro atoms. The minimum Gasteiger partial charge on any atom is -0.393 e. The molecule has 0 rings (SSSR count). The molecule has 1 atom stereocenters. The summed E-state index contributed by atoms with van der Waals surface area (Å²) >= 11 is 1.55. The van der Waals surface area contributed by atoms with Gasteiger partial charge in [0.05, 0.1) is 6.10 Å². The molecule has 0 unspecified atom stereocenters. The van der Waals surface area contributed by atoms with Crippen LogP contribution in [-0.4, -0.2) is 30.1 Å². The predicted octanol–water partition coefficient (Wildman–Crippen LogP) is 2.68. The molecule has 91 valence electrons. The minimum absolute atomic E-state index is 0.143. The lowest BCUT2D eigenvalue weighted by molar-refractivity contribution is 0.158. The second-order valence-electron chi connectivity index (χ2n) is 5.23. The van der Waals surface area contributed by atoms with Crippen molar-refractivity contribution in [2.24, 2.45) is 5.41 Å². The molecule has 0 aliphatic carbocycles. The van der Waals surface area contributed by atoms with Gasteiger partial charge in [0.25, 0.3) is 0 Å². The van der Waals surface area contributed by atoms with Crippen LogP contribution in [0.4, 0.5) is 0 Å². The van der Waals surface area contributed by atoms with Gasteiger partial charge in [0.15, 0.2) is 0 Å². The number of aliphatic hydroxyl groups is 1. The molecule has 0 amide bonds. The highest BCUT2D eigenvalue weighted by atomic mass is 32.2. The molecule has 0 aliphatic rings. The van der Waals surface area contributed by atoms with Crippen LogP contribution >= 0.6 is 11.8 Å². The Bertz CT molecular complexity index is 145. The molecule has 0 aromatic rings. The van der Waals surface area contributed by atoms with E-state index in [0.717, 1.165) is 38.1 Å². The molecule has 0 aliphatic heterocycles. The van der Waals surface area contributed by atoms with Gasteiger partial charge < -0.3 is 10.4 Å². The van der Waals surface area contributed by atoms with Crippen LogP contribution in [0.1, 0.15) is 40.0 Å². The quantitative estimate of drug-likeness (QED) is 0.631. The van der Waals surface area contributed by atoms with Crippen molar-refractivity contribution in [1.29, 1.82) is 0 Å². The van der Waals surface area contributed by atoms with E-state index in [1.165, 1.54) is 0 Å². The Hall–Kier alpha value is 0.270. The summed E-state index contributed by atoms with van der Waals surface area (Å²) in [5.41, 5.74) is 0.350. The Morgan fingerprint density at radius 1 is 1.33 bits per heavy atom. The van der Waals surface area contributed by atoms with Gasteiger partial charge in [-0.15, -0.1) is 0 Å². The van der Waals surface area contributed by atoms with Crippen molar-refractivity contribution in [3.8, 4) is 0 Å². The highest BCUT2D eigenvalue weighted by Crippen LogP contribution is 2.10. The summed E-state index contributed by atoms with van der Waals surface area (Å²) in [5, 5.41) is 13.0. The Kier molecular flexibility index (Phi) is 8.58. The summed E-state index contributed by atoms with van der Waals surface area (Å²) in [4.78, 5) is 0. The average molecular weight is 232 g/mol. The van der Waals surface area contributed by atoms with Crippen molar-refractivity contribution in [3.05, 3.63) is 6.26 Å². The first-order valence-electron chi connectivity index (χ1n) is 5.71. The third-order valence-corrected chi connectivity index (χ3v) is 2.67. The second kappa shape index (κ2) is 8.43. The fourth-order valence-electron chi connectivity index (χ4n) is 1.29. The zero-order valence-electron chi connectivity index (χ0n) is 10.4. The fourth-order valence-corrected chi connectivity index (χ4v) is 1.73. The lowest BCUT2D eigenvalue weighted by Crippen LogP contribution is -2.28. The summed E-state index contributed by atoms with van der Waals surface area (Å²) in [6.07, 6.45) is 6.37. The van der Waals surface area contributed by atoms with Crippen molar-refractivity contribution < 1.29 is 5.11 Å². The SMILES string of the molecule is [CH2]SCC[C@@H](O)CCCNCC(C)(C)C. The highest BCUT2D eigenvalue weighted by molar-refractivity contribution is 8.00. The summed E-state index contributed by atoms with van der Waals surface area (Å²) in [7, 11) is 0. The normalized spacial score (nSPS) is 14.2. The summed E-state index contributed by atoms with van der Waals surface area (Å²) in [6, 6.07) is 0. The maximum Gasteiger partial charge on any atom is 0.0548 e. The van der Waals surface area contributed by atoms with Crippen LogP contribution < -0.4 is 5.32 Å². The van der Waals surface area contributed by atoms with Crippen LogP contribution in [0.15, 0.2) is 0 Å². The van der Waals surface area contributed by atoms with Gasteiger partial charge in [-0.25, -0.2) is 0 Å². The van der Waals surface area contributed by atoms with Gasteiger partial charge in [0, 0.05) is 6.26 Å². The van der Waals surface area contributed by atoms with Crippen LogP contribution in [-0.2, 0) is 0 Å². The molecule has 1 radical (unpaired) electrons. The Morgan fingerprint density at radius 3 is 2.53 bits per heavy atom. The van der Waals surface area contributed by atoms with Gasteiger partial charge in [0.1, 0.15) is 0 Å². The highest BCUT2D eigenvalue weighted by Gasteiger charge is 2.08. The standard InChI is InChI=1S/C12H26NOS/c1-12(2,3)10-13-8-5-6-11(14)7-9-15-4/h11,13-14H,4-10H2,1-3H3/t11-/m0/s1. The van der Waals surface area contributed by atoms with Gasteiger partial charge in [-0.05, 0) is 43.5 Å². The van der Waals surface area contributed by atoms with Crippen molar-refractivity contribution in [2.45, 2.75) is 46.1 Å². The average Bonchev–Trinajstić information content (AvgIpc) is 2.12. The molecule has 3 heteroatoms. The molecule has 0 saturated carbocycles. The van der Waals surface area contributed by atoms with Crippen molar-refractivity contribution in [3.63, 3.8) is 0 Å². The van der Waals surface area contributed by atoms with E-state index in [0.29, 0.717) is 5.41 Å². The summed E-state index contributed by atoms with van der Waals surface area (Å²) < 4.78 is 0. The zero-order chi connectivity index (χ0) is 11.7. The maximum absolute atomic E-state index is 9.57. The molecule has 0 fully saturated rings. The van der Waals surface area contributed by atoms with Gasteiger partial charge in [0.2, 0.25) is 0 Å². The lowest BCUT2D eigenvalue weighted by Gasteiger charge is -2.19. The molecule has 2 nitrogen and oxygen atoms in total.